The van der Waals surface area contributed by atoms with Crippen molar-refractivity contribution in [1.82, 2.24) is 15.2 Å². The molecule has 0 unspecified atom stereocenters. The molecule has 0 aliphatic rings. The third-order valence-electron chi connectivity index (χ3n) is 3.86. The molecule has 0 aliphatic heterocycles. The van der Waals surface area contributed by atoms with Crippen LogP contribution in [0.15, 0.2) is 30.5 Å². The molecule has 0 atom stereocenters. The van der Waals surface area contributed by atoms with Crippen molar-refractivity contribution in [3.05, 3.63) is 57.6 Å². The summed E-state index contributed by atoms with van der Waals surface area (Å²) in [5.74, 6) is -0.945. The Labute approximate surface area is 157 Å². The van der Waals surface area contributed by atoms with E-state index < -0.39 is 17.8 Å². The van der Waals surface area contributed by atoms with Crippen LogP contribution < -0.4 is 5.32 Å². The normalized spacial score (nSPS) is 11.0. The topological polar surface area (TPSA) is 74.6 Å². The fraction of sp³-hybridized carbons (Fsp3) is 0.222. The molecule has 0 saturated carbocycles. The molecule has 3 aromatic rings. The Kier molecular flexibility index (Phi) is 5.80. The highest BCUT2D eigenvalue weighted by Crippen LogP contribution is 2.29. The molecule has 5 nitrogen and oxygen atoms in total. The van der Waals surface area contributed by atoms with Gasteiger partial charge in [0, 0.05) is 18.0 Å². The molecule has 27 heavy (non-hydrogen) atoms. The highest BCUT2D eigenvalue weighted by atomic mass is 32.1. The molecule has 1 aromatic carbocycles. The minimum Gasteiger partial charge on any atom is -0.377 e. The van der Waals surface area contributed by atoms with Gasteiger partial charge in [-0.2, -0.15) is 0 Å². The van der Waals surface area contributed by atoms with E-state index in [1.165, 1.54) is 23.6 Å². The van der Waals surface area contributed by atoms with Crippen LogP contribution in [0.3, 0.4) is 0 Å². The molecule has 2 N–H and O–H groups in total. The van der Waals surface area contributed by atoms with Crippen LogP contribution in [0.5, 0.6) is 0 Å². The van der Waals surface area contributed by atoms with Crippen LogP contribution in [0.2, 0.25) is 0 Å². The summed E-state index contributed by atoms with van der Waals surface area (Å²) in [6.07, 6.45) is 0.464. The zero-order valence-electron chi connectivity index (χ0n) is 14.3. The zero-order valence-corrected chi connectivity index (χ0v) is 15.2. The lowest BCUT2D eigenvalue weighted by Crippen LogP contribution is -2.04. The molecule has 0 amide bonds. The number of nitrogens with zero attached hydrogens (tertiary/aromatic N) is 3. The minimum absolute atomic E-state index is 0.398. The van der Waals surface area contributed by atoms with Gasteiger partial charge in [0.25, 0.3) is 6.43 Å². The number of anilines is 1. The highest BCUT2D eigenvalue weighted by Gasteiger charge is 2.15. The van der Waals surface area contributed by atoms with Crippen molar-refractivity contribution in [2.75, 3.05) is 5.32 Å². The third kappa shape index (κ3) is 4.30. The first-order valence-corrected chi connectivity index (χ1v) is 8.97. The maximum absolute atomic E-state index is 13.5. The molecule has 0 fully saturated rings. The summed E-state index contributed by atoms with van der Waals surface area (Å²) >= 11 is 1.49. The molecule has 140 valence electrons. The van der Waals surface area contributed by atoms with E-state index in [1.807, 2.05) is 6.92 Å². The molecule has 3 rings (SSSR count). The fourth-order valence-electron chi connectivity index (χ4n) is 2.45. The average molecular weight is 391 g/mol. The molecule has 0 saturated heterocycles. The Morgan fingerprint density at radius 1 is 1.19 bits per heavy atom. The monoisotopic (exact) mass is 391 g/mol. The molecule has 0 aliphatic carbocycles. The summed E-state index contributed by atoms with van der Waals surface area (Å²) in [4.78, 5) is 4.18. The first kappa shape index (κ1) is 19.0. The van der Waals surface area contributed by atoms with E-state index in [0.717, 1.165) is 34.8 Å². The Balaban J connectivity index is 1.89. The standard InChI is InChI=1S/C18H16F3N5S/c1-2-16-25-26-17(27-16)9-24-14-6-11(8-23-15(14)7-22)10-3-4-13(19)12(5-10)18(20)21/h3-8,18,22,24H,2,9H2,1H3. The second-order valence-corrected chi connectivity index (χ2v) is 6.78. The largest absolute Gasteiger partial charge is 0.377 e. The van der Waals surface area contributed by atoms with E-state index in [0.29, 0.717) is 29.1 Å². The van der Waals surface area contributed by atoms with Crippen molar-refractivity contribution >= 4 is 23.2 Å². The summed E-state index contributed by atoms with van der Waals surface area (Å²) in [5.41, 5.74) is 1.26. The number of nitrogens with one attached hydrogen (secondary N) is 2. The lowest BCUT2D eigenvalue weighted by atomic mass is 10.0. The van der Waals surface area contributed by atoms with E-state index in [1.54, 1.807) is 6.07 Å². The van der Waals surface area contributed by atoms with Gasteiger partial charge < -0.3 is 10.7 Å². The van der Waals surface area contributed by atoms with E-state index in [-0.39, 0.29) is 0 Å². The Morgan fingerprint density at radius 2 is 1.96 bits per heavy atom. The average Bonchev–Trinajstić information content (AvgIpc) is 3.14. The SMILES string of the molecule is CCc1nnc(CNc2cc(-c3ccc(F)c(C(F)F)c3)cnc2C=N)s1. The van der Waals surface area contributed by atoms with Gasteiger partial charge in [0.1, 0.15) is 21.5 Å². The predicted octanol–water partition coefficient (Wildman–Crippen LogP) is 4.85. The predicted molar refractivity (Wildman–Crippen MR) is 99.1 cm³/mol. The number of aryl methyl sites for hydroxylation is 1. The summed E-state index contributed by atoms with van der Waals surface area (Å²) in [7, 11) is 0. The van der Waals surface area contributed by atoms with Crippen molar-refractivity contribution < 1.29 is 13.2 Å². The van der Waals surface area contributed by atoms with Crippen LogP contribution in [-0.4, -0.2) is 21.4 Å². The van der Waals surface area contributed by atoms with Crippen LogP contribution in [-0.2, 0) is 13.0 Å². The highest BCUT2D eigenvalue weighted by molar-refractivity contribution is 7.11. The number of benzene rings is 1. The van der Waals surface area contributed by atoms with Gasteiger partial charge in [-0.1, -0.05) is 24.3 Å². The van der Waals surface area contributed by atoms with Gasteiger partial charge in [0.15, 0.2) is 0 Å². The molecule has 0 spiro atoms. The summed E-state index contributed by atoms with van der Waals surface area (Å²) in [5, 5.41) is 20.5. The van der Waals surface area contributed by atoms with Crippen molar-refractivity contribution in [3.63, 3.8) is 0 Å². The Bertz CT molecular complexity index is 958. The summed E-state index contributed by atoms with van der Waals surface area (Å²) < 4.78 is 39.4. The summed E-state index contributed by atoms with van der Waals surface area (Å²) in [6, 6.07) is 5.24. The van der Waals surface area contributed by atoms with Crippen molar-refractivity contribution in [2.45, 2.75) is 26.3 Å². The molecular formula is C18H16F3N5S. The zero-order chi connectivity index (χ0) is 19.4. The number of aromatic nitrogens is 3. The summed E-state index contributed by atoms with van der Waals surface area (Å²) in [6.45, 7) is 2.39. The van der Waals surface area contributed by atoms with E-state index in [2.05, 4.69) is 20.5 Å². The Morgan fingerprint density at radius 3 is 2.63 bits per heavy atom. The van der Waals surface area contributed by atoms with E-state index in [9.17, 15) is 13.2 Å². The number of halogens is 3. The molecule has 0 radical (unpaired) electrons. The number of hydrogen-bond acceptors (Lipinski definition) is 6. The van der Waals surface area contributed by atoms with Gasteiger partial charge in [-0.15, -0.1) is 10.2 Å². The Hall–Kier alpha value is -2.81. The van der Waals surface area contributed by atoms with Crippen molar-refractivity contribution in [1.29, 1.82) is 5.41 Å². The van der Waals surface area contributed by atoms with Crippen LogP contribution in [0.25, 0.3) is 11.1 Å². The lowest BCUT2D eigenvalue weighted by molar-refractivity contribution is 0.146. The second-order valence-electron chi connectivity index (χ2n) is 5.63. The smallest absolute Gasteiger partial charge is 0.266 e. The number of alkyl halides is 2. The van der Waals surface area contributed by atoms with Gasteiger partial charge in [-0.3, -0.25) is 4.98 Å². The molecule has 2 heterocycles. The number of rotatable bonds is 7. The minimum atomic E-state index is -2.90. The van der Waals surface area contributed by atoms with Gasteiger partial charge in [0.05, 0.1) is 17.8 Å². The second kappa shape index (κ2) is 8.26. The van der Waals surface area contributed by atoms with Gasteiger partial charge >= 0.3 is 0 Å². The molecular weight excluding hydrogens is 375 g/mol. The van der Waals surface area contributed by atoms with Crippen LogP contribution in [0, 0.1) is 11.2 Å². The third-order valence-corrected chi connectivity index (χ3v) is 4.93. The maximum Gasteiger partial charge on any atom is 0.266 e. The van der Waals surface area contributed by atoms with Crippen LogP contribution in [0.4, 0.5) is 18.9 Å². The number of pyridine rings is 1. The lowest BCUT2D eigenvalue weighted by Gasteiger charge is -2.11. The van der Waals surface area contributed by atoms with Gasteiger partial charge in [-0.05, 0) is 30.2 Å². The van der Waals surface area contributed by atoms with Crippen molar-refractivity contribution in [2.24, 2.45) is 0 Å². The maximum atomic E-state index is 13.5. The van der Waals surface area contributed by atoms with Gasteiger partial charge in [-0.25, -0.2) is 13.2 Å². The fourth-order valence-corrected chi connectivity index (χ4v) is 3.18. The van der Waals surface area contributed by atoms with Crippen LogP contribution >= 0.6 is 11.3 Å². The molecule has 0 bridgehead atoms. The molecule has 9 heteroatoms. The van der Waals surface area contributed by atoms with Crippen LogP contribution in [0.1, 0.15) is 34.6 Å². The first-order valence-electron chi connectivity index (χ1n) is 8.15. The first-order chi connectivity index (χ1) is 13.0. The van der Waals surface area contributed by atoms with E-state index in [4.69, 9.17) is 5.41 Å². The quantitative estimate of drug-likeness (QED) is 0.565. The number of hydrogen-bond donors (Lipinski definition) is 2. The molecule has 2 aromatic heterocycles. The van der Waals surface area contributed by atoms with E-state index >= 15 is 0 Å². The van der Waals surface area contributed by atoms with Gasteiger partial charge in [0.2, 0.25) is 0 Å². The van der Waals surface area contributed by atoms with Crippen molar-refractivity contribution in [3.8, 4) is 11.1 Å².